The molecule has 6 nitrogen and oxygen atoms in total. The van der Waals surface area contributed by atoms with Crippen molar-refractivity contribution in [1.82, 2.24) is 20.2 Å². The van der Waals surface area contributed by atoms with Gasteiger partial charge in [0.25, 0.3) is 0 Å². The van der Waals surface area contributed by atoms with Crippen LogP contribution in [0.2, 0.25) is 0 Å². The average Bonchev–Trinajstić information content (AvgIpc) is 3.52. The highest BCUT2D eigenvalue weighted by atomic mass is 19.4. The average molecular weight is 502 g/mol. The number of ether oxygens (including phenoxy) is 1. The zero-order valence-corrected chi connectivity index (χ0v) is 19.6. The summed E-state index contributed by atoms with van der Waals surface area (Å²) in [4.78, 5) is 9.26. The molecule has 0 spiro atoms. The van der Waals surface area contributed by atoms with Crippen LogP contribution in [-0.2, 0) is 25.6 Å². The minimum atomic E-state index is -4.58. The van der Waals surface area contributed by atoms with Gasteiger partial charge in [-0.05, 0) is 41.7 Å². The molecule has 3 aromatic carbocycles. The molecule has 0 amide bonds. The number of H-pyrrole nitrogens is 1. The lowest BCUT2D eigenvalue weighted by molar-refractivity contribution is -0.139. The Balaban J connectivity index is 1.35. The van der Waals surface area contributed by atoms with Crippen molar-refractivity contribution in [3.63, 3.8) is 0 Å². The molecule has 1 aliphatic rings. The Hall–Kier alpha value is -4.40. The Morgan fingerprint density at radius 3 is 2.32 bits per heavy atom. The number of aromatic nitrogens is 4. The fraction of sp³-hybridized carbons (Fsp3) is 0.179. The van der Waals surface area contributed by atoms with Gasteiger partial charge in [0.2, 0.25) is 0 Å². The molecule has 2 heterocycles. The number of fused-ring (bicyclic) bond motifs is 2. The summed E-state index contributed by atoms with van der Waals surface area (Å²) < 4.78 is 46.8. The molecule has 5 aromatic rings. The fourth-order valence-electron chi connectivity index (χ4n) is 4.87. The minimum absolute atomic E-state index is 0.00687. The maximum atomic E-state index is 13.7. The lowest BCUT2D eigenvalue weighted by atomic mass is 10.0. The Labute approximate surface area is 210 Å². The van der Waals surface area contributed by atoms with Crippen LogP contribution in [-0.4, -0.2) is 20.2 Å². The predicted molar refractivity (Wildman–Crippen MR) is 134 cm³/mol. The van der Waals surface area contributed by atoms with Gasteiger partial charge in [0.1, 0.15) is 29.7 Å². The highest BCUT2D eigenvalue weighted by Crippen LogP contribution is 2.40. The van der Waals surface area contributed by atoms with E-state index in [1.165, 1.54) is 23.3 Å². The zero-order valence-electron chi connectivity index (χ0n) is 19.6. The SMILES string of the molecule is Nc1nc(C2Cc3ccccc3C2)nc2[nH]nc(-c3ccc(C(F)(F)F)c(OCc4ccccc4)c3)c12. The van der Waals surface area contributed by atoms with Gasteiger partial charge in [0.05, 0.1) is 10.9 Å². The minimum Gasteiger partial charge on any atom is -0.488 e. The van der Waals surface area contributed by atoms with E-state index < -0.39 is 11.7 Å². The van der Waals surface area contributed by atoms with Crippen LogP contribution < -0.4 is 10.5 Å². The molecule has 3 N–H and O–H groups in total. The third kappa shape index (κ3) is 4.37. The summed E-state index contributed by atoms with van der Waals surface area (Å²) in [5, 5.41) is 7.70. The number of anilines is 1. The van der Waals surface area contributed by atoms with Crippen LogP contribution in [0.15, 0.2) is 72.8 Å². The van der Waals surface area contributed by atoms with Crippen LogP contribution in [0.3, 0.4) is 0 Å². The molecule has 9 heteroatoms. The summed E-state index contributed by atoms with van der Waals surface area (Å²) in [6, 6.07) is 20.9. The van der Waals surface area contributed by atoms with E-state index in [1.807, 2.05) is 18.2 Å². The van der Waals surface area contributed by atoms with Gasteiger partial charge in [-0.2, -0.15) is 18.3 Å². The van der Waals surface area contributed by atoms with Gasteiger partial charge in [0.15, 0.2) is 5.65 Å². The van der Waals surface area contributed by atoms with Gasteiger partial charge in [-0.15, -0.1) is 0 Å². The fourth-order valence-corrected chi connectivity index (χ4v) is 4.87. The molecule has 0 saturated heterocycles. The quantitative estimate of drug-likeness (QED) is 0.305. The molecule has 6 rings (SSSR count). The van der Waals surface area contributed by atoms with Crippen molar-refractivity contribution in [3.8, 4) is 17.0 Å². The van der Waals surface area contributed by atoms with Crippen LogP contribution in [0.1, 0.15) is 34.0 Å². The molecule has 186 valence electrons. The summed E-state index contributed by atoms with van der Waals surface area (Å²) in [5.41, 5.74) is 10.0. The number of halogens is 3. The van der Waals surface area contributed by atoms with Gasteiger partial charge >= 0.3 is 6.18 Å². The van der Waals surface area contributed by atoms with Crippen molar-refractivity contribution >= 4 is 16.9 Å². The summed E-state index contributed by atoms with van der Waals surface area (Å²) in [5.74, 6) is 0.659. The van der Waals surface area contributed by atoms with E-state index in [2.05, 4.69) is 32.3 Å². The summed E-state index contributed by atoms with van der Waals surface area (Å²) in [7, 11) is 0. The Kier molecular flexibility index (Phi) is 5.55. The zero-order chi connectivity index (χ0) is 25.6. The van der Waals surface area contributed by atoms with Gasteiger partial charge in [-0.1, -0.05) is 60.7 Å². The van der Waals surface area contributed by atoms with E-state index in [1.54, 1.807) is 24.3 Å². The molecule has 0 radical (unpaired) electrons. The van der Waals surface area contributed by atoms with Gasteiger partial charge in [-0.3, -0.25) is 5.10 Å². The number of rotatable bonds is 5. The third-order valence-electron chi connectivity index (χ3n) is 6.68. The van der Waals surface area contributed by atoms with E-state index in [0.717, 1.165) is 24.5 Å². The number of hydrogen-bond donors (Lipinski definition) is 2. The van der Waals surface area contributed by atoms with Crippen LogP contribution in [0.5, 0.6) is 5.75 Å². The first-order valence-electron chi connectivity index (χ1n) is 11.8. The molecule has 0 unspecified atom stereocenters. The number of nitrogens with zero attached hydrogens (tertiary/aromatic N) is 3. The summed E-state index contributed by atoms with van der Waals surface area (Å²) >= 11 is 0. The number of nitrogens with two attached hydrogens (primary N) is 1. The van der Waals surface area contributed by atoms with E-state index >= 15 is 0 Å². The second-order valence-electron chi connectivity index (χ2n) is 9.12. The van der Waals surface area contributed by atoms with Crippen molar-refractivity contribution in [3.05, 3.63) is 101 Å². The molecule has 0 aliphatic heterocycles. The number of aromatic amines is 1. The van der Waals surface area contributed by atoms with Crippen LogP contribution in [0.4, 0.5) is 19.0 Å². The van der Waals surface area contributed by atoms with Crippen molar-refractivity contribution in [1.29, 1.82) is 0 Å². The first-order chi connectivity index (χ1) is 17.9. The highest BCUT2D eigenvalue weighted by Gasteiger charge is 2.35. The Morgan fingerprint density at radius 2 is 1.62 bits per heavy atom. The summed E-state index contributed by atoms with van der Waals surface area (Å²) in [6.07, 6.45) is -2.93. The summed E-state index contributed by atoms with van der Waals surface area (Å²) in [6.45, 7) is -0.00687. The van der Waals surface area contributed by atoms with E-state index in [0.29, 0.717) is 28.1 Å². The molecule has 0 bridgehead atoms. The van der Waals surface area contributed by atoms with Crippen molar-refractivity contribution in [2.24, 2.45) is 0 Å². The highest BCUT2D eigenvalue weighted by molar-refractivity contribution is 5.98. The normalized spacial score (nSPS) is 13.7. The second kappa shape index (κ2) is 8.92. The van der Waals surface area contributed by atoms with Gasteiger partial charge in [-0.25, -0.2) is 9.97 Å². The molecule has 37 heavy (non-hydrogen) atoms. The number of nitrogen functional groups attached to an aromatic ring is 1. The standard InChI is InChI=1S/C28H22F3N5O/c29-28(30,31)21-11-10-19(14-22(21)37-15-16-6-2-1-3-7-16)24-23-25(32)33-26(34-27(23)36-35-24)20-12-17-8-4-5-9-18(17)13-20/h1-11,14,20H,12-13,15H2,(H3,32,33,34,35,36). The molecule has 0 saturated carbocycles. The molecule has 0 fully saturated rings. The van der Waals surface area contributed by atoms with Gasteiger partial charge in [0, 0.05) is 11.5 Å². The monoisotopic (exact) mass is 501 g/mol. The largest absolute Gasteiger partial charge is 0.488 e. The number of benzene rings is 3. The Bertz CT molecular complexity index is 1570. The van der Waals surface area contributed by atoms with Crippen LogP contribution >= 0.6 is 0 Å². The molecular formula is C28H22F3N5O. The van der Waals surface area contributed by atoms with Crippen molar-refractivity contribution in [2.75, 3.05) is 5.73 Å². The van der Waals surface area contributed by atoms with Crippen molar-refractivity contribution in [2.45, 2.75) is 31.5 Å². The number of alkyl halides is 3. The maximum Gasteiger partial charge on any atom is 0.419 e. The second-order valence-corrected chi connectivity index (χ2v) is 9.12. The Morgan fingerprint density at radius 1 is 0.919 bits per heavy atom. The van der Waals surface area contributed by atoms with Crippen LogP contribution in [0, 0.1) is 0 Å². The van der Waals surface area contributed by atoms with Crippen molar-refractivity contribution < 1.29 is 17.9 Å². The topological polar surface area (TPSA) is 89.7 Å². The van der Waals surface area contributed by atoms with E-state index in [4.69, 9.17) is 10.5 Å². The molecule has 1 aliphatic carbocycles. The maximum absolute atomic E-state index is 13.7. The van der Waals surface area contributed by atoms with Gasteiger partial charge < -0.3 is 10.5 Å². The first kappa shape index (κ1) is 23.0. The molecule has 2 aromatic heterocycles. The molecule has 0 atom stereocenters. The lowest BCUT2D eigenvalue weighted by Gasteiger charge is -2.15. The number of hydrogen-bond acceptors (Lipinski definition) is 5. The van der Waals surface area contributed by atoms with E-state index in [-0.39, 0.29) is 24.1 Å². The first-order valence-corrected chi connectivity index (χ1v) is 11.8. The predicted octanol–water partition coefficient (Wildman–Crippen LogP) is 6.08. The van der Waals surface area contributed by atoms with E-state index in [9.17, 15) is 13.2 Å². The third-order valence-corrected chi connectivity index (χ3v) is 6.68. The van der Waals surface area contributed by atoms with Crippen LogP contribution in [0.25, 0.3) is 22.3 Å². The smallest absolute Gasteiger partial charge is 0.419 e. The molecular weight excluding hydrogens is 479 g/mol. The lowest BCUT2D eigenvalue weighted by Crippen LogP contribution is -2.09. The number of nitrogens with one attached hydrogen (secondary N) is 1.